The highest BCUT2D eigenvalue weighted by Gasteiger charge is 2.69. The Kier molecular flexibility index (Phi) is 8.34. The van der Waals surface area contributed by atoms with Crippen LogP contribution in [0.4, 0.5) is 0 Å². The topological polar surface area (TPSA) is 140 Å². The number of piperidine rings is 1. The van der Waals surface area contributed by atoms with Crippen LogP contribution >= 0.6 is 11.4 Å². The summed E-state index contributed by atoms with van der Waals surface area (Å²) in [6.45, 7) is 13.6. The van der Waals surface area contributed by atoms with Crippen LogP contribution in [-0.4, -0.2) is 64.7 Å². The van der Waals surface area contributed by atoms with E-state index in [4.69, 9.17) is 5.73 Å². The van der Waals surface area contributed by atoms with Gasteiger partial charge in [-0.1, -0.05) is 27.7 Å². The molecule has 3 amide bonds. The average molecular weight is 507 g/mol. The third kappa shape index (κ3) is 6.43. The number of carbonyl (C=O) groups excluding carboxylic acids is 3. The lowest BCUT2D eigenvalue weighted by atomic mass is 9.90. The smallest absolute Gasteiger partial charge is 0.244 e. The molecule has 3 rings (SSSR count). The van der Waals surface area contributed by atoms with Crippen molar-refractivity contribution >= 4 is 34.2 Å². The van der Waals surface area contributed by atoms with Gasteiger partial charge < -0.3 is 15.5 Å². The quantitative estimate of drug-likeness (QED) is 0.233. The summed E-state index contributed by atoms with van der Waals surface area (Å²) in [6, 6.07) is 1.06. The van der Waals surface area contributed by atoms with E-state index in [0.717, 1.165) is 17.1 Å². The molecule has 0 aromatic heterocycles. The Hall–Kier alpha value is -1.96. The molecule has 35 heavy (non-hydrogen) atoms. The van der Waals surface area contributed by atoms with Gasteiger partial charge in [0.2, 0.25) is 17.7 Å². The maximum Gasteiger partial charge on any atom is 0.244 e. The van der Waals surface area contributed by atoms with Crippen LogP contribution in [0.1, 0.15) is 60.8 Å². The van der Waals surface area contributed by atoms with E-state index < -0.39 is 12.1 Å². The number of nitrogens with two attached hydrogens (primary N) is 1. The number of carbonyl (C=O) groups is 3. The molecular weight excluding hydrogens is 464 g/mol. The Labute approximate surface area is 212 Å². The highest BCUT2D eigenvalue weighted by atomic mass is 32.1. The van der Waals surface area contributed by atoms with Crippen LogP contribution in [0.5, 0.6) is 0 Å². The number of nitriles is 1. The van der Waals surface area contributed by atoms with Crippen LogP contribution in [0.3, 0.4) is 0 Å². The minimum Gasteiger partial charge on any atom is -0.356 e. The van der Waals surface area contributed by atoms with Crippen LogP contribution in [0.25, 0.3) is 0 Å². The van der Waals surface area contributed by atoms with Crippen molar-refractivity contribution < 1.29 is 14.4 Å². The van der Waals surface area contributed by atoms with Crippen molar-refractivity contribution in [3.05, 3.63) is 0 Å². The number of nitrogens with zero attached hydrogens (tertiary/aromatic N) is 2. The highest BCUT2D eigenvalue weighted by molar-refractivity contribution is 7.98. The second kappa shape index (κ2) is 10.6. The summed E-state index contributed by atoms with van der Waals surface area (Å²) < 4.78 is 0. The average Bonchev–Trinajstić information content (AvgIpc) is 3.11. The zero-order chi connectivity index (χ0) is 26.1. The summed E-state index contributed by atoms with van der Waals surface area (Å²) in [6.07, 6.45) is 1.28. The lowest BCUT2D eigenvalue weighted by molar-refractivity contribution is -0.141. The van der Waals surface area contributed by atoms with Crippen molar-refractivity contribution in [1.29, 1.82) is 5.26 Å². The first-order valence-electron chi connectivity index (χ1n) is 12.6. The molecule has 0 aromatic rings. The van der Waals surface area contributed by atoms with Crippen LogP contribution in [-0.2, 0) is 14.4 Å². The Morgan fingerprint density at radius 1 is 1.34 bits per heavy atom. The summed E-state index contributed by atoms with van der Waals surface area (Å²) in [5.74, 6) is 0.449. The van der Waals surface area contributed by atoms with Gasteiger partial charge in [-0.05, 0) is 55.1 Å². The normalized spacial score (nSPS) is 28.6. The number of amides is 3. The molecule has 9 nitrogen and oxygen atoms in total. The molecule has 1 saturated carbocycles. The van der Waals surface area contributed by atoms with Gasteiger partial charge in [0.1, 0.15) is 12.1 Å². The molecule has 0 aromatic carbocycles. The molecule has 0 spiro atoms. The fraction of sp³-hybridized carbons (Fsp3) is 0.800. The Bertz CT molecular complexity index is 925. The van der Waals surface area contributed by atoms with Gasteiger partial charge in [0, 0.05) is 31.5 Å². The molecule has 1 unspecified atom stereocenters. The third-order valence-corrected chi connectivity index (χ3v) is 9.18. The van der Waals surface area contributed by atoms with Gasteiger partial charge >= 0.3 is 0 Å². The largest absolute Gasteiger partial charge is 0.356 e. The molecular formula is C25H42N6O3S. The van der Waals surface area contributed by atoms with Crippen molar-refractivity contribution in [2.45, 2.75) is 78.9 Å². The summed E-state index contributed by atoms with van der Waals surface area (Å²) >= 11 is 0.954. The van der Waals surface area contributed by atoms with Crippen LogP contribution in [0.2, 0.25) is 0 Å². The van der Waals surface area contributed by atoms with Gasteiger partial charge in [-0.2, -0.15) is 16.6 Å². The predicted molar refractivity (Wildman–Crippen MR) is 139 cm³/mol. The number of hydrogen-bond donors (Lipinski definition) is 5. The zero-order valence-electron chi connectivity index (χ0n) is 21.9. The number of nitrogens with one attached hydrogen (secondary N) is 3. The van der Waals surface area contributed by atoms with Gasteiger partial charge in [-0.3, -0.25) is 25.4 Å². The number of fused-ring (bicyclic) bond motifs is 1. The molecule has 5 atom stereocenters. The first-order chi connectivity index (χ1) is 16.3. The maximum atomic E-state index is 13.4. The fourth-order valence-corrected chi connectivity index (χ4v) is 6.67. The molecule has 2 heterocycles. The predicted octanol–water partition coefficient (Wildman–Crippen LogP) is 0.930. The van der Waals surface area contributed by atoms with Gasteiger partial charge in [0.05, 0.1) is 11.2 Å². The second-order valence-corrected chi connectivity index (χ2v) is 13.1. The Balaban J connectivity index is 1.66. The molecule has 10 heteroatoms. The summed E-state index contributed by atoms with van der Waals surface area (Å²) in [5, 5.41) is 19.2. The number of thiol groups is 1. The monoisotopic (exact) mass is 506 g/mol. The van der Waals surface area contributed by atoms with Crippen molar-refractivity contribution in [1.82, 2.24) is 20.9 Å². The summed E-state index contributed by atoms with van der Waals surface area (Å²) in [7, 11) is 0. The fourth-order valence-electron chi connectivity index (χ4n) is 5.61. The van der Waals surface area contributed by atoms with Crippen LogP contribution in [0, 0.1) is 39.9 Å². The van der Waals surface area contributed by atoms with E-state index in [1.165, 1.54) is 0 Å². The first kappa shape index (κ1) is 27.6. The van der Waals surface area contributed by atoms with Crippen LogP contribution < -0.4 is 21.7 Å². The molecule has 3 aliphatic rings. The van der Waals surface area contributed by atoms with Crippen molar-refractivity contribution in [2.75, 3.05) is 18.8 Å². The summed E-state index contributed by atoms with van der Waals surface area (Å²) in [5.41, 5.74) is 5.78. The number of hydrogen-bond acceptors (Lipinski definition) is 4. The number of likely N-dealkylation sites (tertiary alicyclic amines) is 1. The van der Waals surface area contributed by atoms with Crippen molar-refractivity contribution in [3.8, 4) is 6.07 Å². The molecule has 2 saturated heterocycles. The first-order valence-corrected chi connectivity index (χ1v) is 13.7. The van der Waals surface area contributed by atoms with E-state index in [2.05, 4.69) is 49.7 Å². The zero-order valence-corrected chi connectivity index (χ0v) is 22.7. The molecule has 196 valence electrons. The van der Waals surface area contributed by atoms with E-state index >= 15 is 0 Å². The van der Waals surface area contributed by atoms with E-state index in [1.54, 1.807) is 4.90 Å². The van der Waals surface area contributed by atoms with Crippen LogP contribution in [0.15, 0.2) is 0 Å². The number of rotatable bonds is 9. The standard InChI is InChI=1S/C25H42N6O3S/c1-14(2)29-23(27)35-13-24(3,4)10-18(32)31-12-17-19(25(17,5)6)20(31)22(34)30-16(11-26)9-15-7-8-28-21(15)33/h14-17,19-20,29,35H,7-10,12-13,27H2,1-6H3,(H,28,33)(H,30,34)/t15-,16-,17-,19?,20-/m0/s1. The SMILES string of the molecule is CC(C)N/C(N)=[SH]/CC(C)(C)CC(=O)N1C[C@H]2C([C@H]1C(=O)N[C@H](C#N)C[C@@H]1CCNC1=O)C2(C)C. The van der Waals surface area contributed by atoms with Gasteiger partial charge in [-0.25, -0.2) is 0 Å². The van der Waals surface area contributed by atoms with Crippen molar-refractivity contribution in [2.24, 2.45) is 34.3 Å². The van der Waals surface area contributed by atoms with Gasteiger partial charge in [-0.15, -0.1) is 0 Å². The molecule has 0 radical (unpaired) electrons. The van der Waals surface area contributed by atoms with E-state index in [9.17, 15) is 19.6 Å². The van der Waals surface area contributed by atoms with Crippen molar-refractivity contribution in [3.63, 3.8) is 0 Å². The molecule has 2 aliphatic heterocycles. The molecule has 0 bridgehead atoms. The minimum atomic E-state index is -0.753. The second-order valence-electron chi connectivity index (χ2n) is 12.0. The highest BCUT2D eigenvalue weighted by Crippen LogP contribution is 2.65. The van der Waals surface area contributed by atoms with Gasteiger partial charge in [0.15, 0.2) is 0 Å². The van der Waals surface area contributed by atoms with Gasteiger partial charge in [0.25, 0.3) is 0 Å². The lowest BCUT2D eigenvalue weighted by Gasteiger charge is -2.33. The molecule has 3 fully saturated rings. The Morgan fingerprint density at radius 3 is 2.60 bits per heavy atom. The summed E-state index contributed by atoms with van der Waals surface area (Å²) in [4.78, 5) is 40.5. The maximum absolute atomic E-state index is 13.4. The molecule has 5 N–H and O–H groups in total. The minimum absolute atomic E-state index is 0.00761. The third-order valence-electron chi connectivity index (χ3n) is 7.70. The Morgan fingerprint density at radius 2 is 2.03 bits per heavy atom. The lowest BCUT2D eigenvalue weighted by Crippen LogP contribution is -2.52. The van der Waals surface area contributed by atoms with E-state index in [-0.39, 0.29) is 52.3 Å². The van der Waals surface area contributed by atoms with E-state index in [0.29, 0.717) is 37.5 Å². The van der Waals surface area contributed by atoms with E-state index in [1.807, 2.05) is 13.8 Å². The molecule has 1 aliphatic carbocycles.